The van der Waals surface area contributed by atoms with Crippen molar-refractivity contribution in [2.75, 3.05) is 5.32 Å². The molecule has 1 aliphatic rings. The van der Waals surface area contributed by atoms with Crippen molar-refractivity contribution in [3.63, 3.8) is 0 Å². The summed E-state index contributed by atoms with van der Waals surface area (Å²) in [4.78, 5) is 22.7. The summed E-state index contributed by atoms with van der Waals surface area (Å²) >= 11 is 0. The van der Waals surface area contributed by atoms with E-state index in [0.29, 0.717) is 0 Å². The van der Waals surface area contributed by atoms with Gasteiger partial charge in [0.05, 0.1) is 5.92 Å². The average Bonchev–Trinajstić information content (AvgIpc) is 2.51. The van der Waals surface area contributed by atoms with E-state index in [1.54, 1.807) is 0 Å². The molecule has 1 aliphatic heterocycles. The van der Waals surface area contributed by atoms with Gasteiger partial charge in [0.1, 0.15) is 0 Å². The van der Waals surface area contributed by atoms with Crippen LogP contribution >= 0.6 is 0 Å². The lowest BCUT2D eigenvalue weighted by molar-refractivity contribution is -0.123. The van der Waals surface area contributed by atoms with E-state index in [-0.39, 0.29) is 12.3 Å². The van der Waals surface area contributed by atoms with E-state index in [1.807, 2.05) is 26.0 Å². The summed E-state index contributed by atoms with van der Waals surface area (Å²) in [7, 11) is 0. The number of carbonyl (C=O) groups excluding carboxylic acids is 2. The molecular formula is C12H14N2O2. The van der Waals surface area contributed by atoms with Crippen LogP contribution in [0.3, 0.4) is 0 Å². The van der Waals surface area contributed by atoms with Crippen LogP contribution in [0.25, 0.3) is 0 Å². The first-order chi connectivity index (χ1) is 7.50. The first-order valence-corrected chi connectivity index (χ1v) is 5.20. The molecular weight excluding hydrogens is 204 g/mol. The fraction of sp³-hybridized carbons (Fsp3) is 0.333. The van der Waals surface area contributed by atoms with Gasteiger partial charge in [-0.2, -0.15) is 0 Å². The molecule has 1 heterocycles. The average molecular weight is 218 g/mol. The molecule has 0 aliphatic carbocycles. The number of aryl methyl sites for hydroxylation is 2. The first-order valence-electron chi connectivity index (χ1n) is 5.20. The number of benzene rings is 1. The summed E-state index contributed by atoms with van der Waals surface area (Å²) in [5.41, 5.74) is 8.96. The zero-order valence-corrected chi connectivity index (χ0v) is 9.33. The zero-order valence-electron chi connectivity index (χ0n) is 9.33. The lowest BCUT2D eigenvalue weighted by atomic mass is 9.92. The minimum Gasteiger partial charge on any atom is -0.370 e. The van der Waals surface area contributed by atoms with E-state index in [2.05, 4.69) is 5.32 Å². The van der Waals surface area contributed by atoms with Gasteiger partial charge in [-0.05, 0) is 30.5 Å². The van der Waals surface area contributed by atoms with Crippen LogP contribution in [0.5, 0.6) is 0 Å². The number of nitrogens with one attached hydrogen (secondary N) is 1. The van der Waals surface area contributed by atoms with E-state index in [1.165, 1.54) is 0 Å². The van der Waals surface area contributed by atoms with E-state index in [9.17, 15) is 9.59 Å². The van der Waals surface area contributed by atoms with Gasteiger partial charge in [-0.3, -0.25) is 9.59 Å². The summed E-state index contributed by atoms with van der Waals surface area (Å²) in [6.07, 6.45) is 0.0725. The Morgan fingerprint density at radius 3 is 2.62 bits per heavy atom. The maximum atomic E-state index is 11.8. The van der Waals surface area contributed by atoms with Crippen molar-refractivity contribution in [2.24, 2.45) is 5.73 Å². The molecule has 0 saturated carbocycles. The number of amides is 2. The van der Waals surface area contributed by atoms with Gasteiger partial charge >= 0.3 is 0 Å². The molecule has 16 heavy (non-hydrogen) atoms. The van der Waals surface area contributed by atoms with E-state index >= 15 is 0 Å². The SMILES string of the molecule is Cc1ccc(C)c2c1NC(=O)C2CC(N)=O. The Balaban J connectivity index is 2.51. The van der Waals surface area contributed by atoms with Crippen molar-refractivity contribution in [1.29, 1.82) is 0 Å². The summed E-state index contributed by atoms with van der Waals surface area (Å²) in [6, 6.07) is 3.92. The zero-order chi connectivity index (χ0) is 11.9. The van der Waals surface area contributed by atoms with Crippen LogP contribution in [0.15, 0.2) is 12.1 Å². The molecule has 2 amide bonds. The van der Waals surface area contributed by atoms with Gasteiger partial charge < -0.3 is 11.1 Å². The molecule has 1 unspecified atom stereocenters. The molecule has 1 aromatic rings. The molecule has 3 N–H and O–H groups in total. The van der Waals surface area contributed by atoms with Crippen LogP contribution in [-0.4, -0.2) is 11.8 Å². The van der Waals surface area contributed by atoms with Crippen LogP contribution in [-0.2, 0) is 9.59 Å². The first kappa shape index (κ1) is 10.7. The number of hydrogen-bond acceptors (Lipinski definition) is 2. The summed E-state index contributed by atoms with van der Waals surface area (Å²) in [5.74, 6) is -1.01. The lowest BCUT2D eigenvalue weighted by Crippen LogP contribution is -2.20. The minimum absolute atomic E-state index is 0.0725. The van der Waals surface area contributed by atoms with Gasteiger partial charge in [-0.1, -0.05) is 12.1 Å². The quantitative estimate of drug-likeness (QED) is 0.783. The molecule has 0 bridgehead atoms. The Kier molecular flexibility index (Phi) is 2.42. The molecule has 0 saturated heterocycles. The highest BCUT2D eigenvalue weighted by Gasteiger charge is 2.33. The van der Waals surface area contributed by atoms with E-state index in [0.717, 1.165) is 22.4 Å². The van der Waals surface area contributed by atoms with Crippen molar-refractivity contribution < 1.29 is 9.59 Å². The van der Waals surface area contributed by atoms with Crippen LogP contribution in [0.2, 0.25) is 0 Å². The third-order valence-corrected chi connectivity index (χ3v) is 2.99. The Hall–Kier alpha value is -1.84. The third-order valence-electron chi connectivity index (χ3n) is 2.99. The maximum absolute atomic E-state index is 11.8. The van der Waals surface area contributed by atoms with Crippen LogP contribution in [0.4, 0.5) is 5.69 Å². The molecule has 84 valence electrons. The largest absolute Gasteiger partial charge is 0.370 e. The number of fused-ring (bicyclic) bond motifs is 1. The number of rotatable bonds is 2. The normalized spacial score (nSPS) is 18.1. The second-order valence-corrected chi connectivity index (χ2v) is 4.20. The fourth-order valence-electron chi connectivity index (χ4n) is 2.19. The number of nitrogens with two attached hydrogens (primary N) is 1. The summed E-state index contributed by atoms with van der Waals surface area (Å²) in [6.45, 7) is 3.87. The highest BCUT2D eigenvalue weighted by molar-refractivity contribution is 6.06. The van der Waals surface area contributed by atoms with Crippen molar-refractivity contribution in [2.45, 2.75) is 26.2 Å². The molecule has 0 radical (unpaired) electrons. The van der Waals surface area contributed by atoms with Gasteiger partial charge in [0.2, 0.25) is 11.8 Å². The Labute approximate surface area is 93.8 Å². The molecule has 0 aromatic heterocycles. The molecule has 0 fully saturated rings. The number of hydrogen-bond donors (Lipinski definition) is 2. The Morgan fingerprint density at radius 2 is 2.00 bits per heavy atom. The van der Waals surface area contributed by atoms with Crippen LogP contribution < -0.4 is 11.1 Å². The highest BCUT2D eigenvalue weighted by Crippen LogP contribution is 2.38. The van der Waals surface area contributed by atoms with Gasteiger partial charge in [0.15, 0.2) is 0 Å². The molecule has 4 heteroatoms. The molecule has 2 rings (SSSR count). The Morgan fingerprint density at radius 1 is 1.38 bits per heavy atom. The topological polar surface area (TPSA) is 72.2 Å². The number of carbonyl (C=O) groups is 2. The third kappa shape index (κ3) is 1.56. The van der Waals surface area contributed by atoms with Crippen LogP contribution in [0, 0.1) is 13.8 Å². The summed E-state index contributed by atoms with van der Waals surface area (Å²) in [5, 5.41) is 2.82. The number of primary amides is 1. The predicted octanol–water partition coefficient (Wildman–Crippen LogP) is 1.21. The monoisotopic (exact) mass is 218 g/mol. The second-order valence-electron chi connectivity index (χ2n) is 4.20. The van der Waals surface area contributed by atoms with Crippen LogP contribution in [0.1, 0.15) is 29.0 Å². The Bertz CT molecular complexity index is 480. The predicted molar refractivity (Wildman–Crippen MR) is 61.1 cm³/mol. The highest BCUT2D eigenvalue weighted by atomic mass is 16.2. The fourth-order valence-corrected chi connectivity index (χ4v) is 2.19. The van der Waals surface area contributed by atoms with Gasteiger partial charge in [-0.15, -0.1) is 0 Å². The van der Waals surface area contributed by atoms with E-state index in [4.69, 9.17) is 5.73 Å². The summed E-state index contributed by atoms with van der Waals surface area (Å²) < 4.78 is 0. The molecule has 0 spiro atoms. The second kappa shape index (κ2) is 3.63. The smallest absolute Gasteiger partial charge is 0.232 e. The lowest BCUT2D eigenvalue weighted by Gasteiger charge is -2.10. The van der Waals surface area contributed by atoms with E-state index < -0.39 is 11.8 Å². The maximum Gasteiger partial charge on any atom is 0.232 e. The van der Waals surface area contributed by atoms with Crippen molar-refractivity contribution in [3.8, 4) is 0 Å². The van der Waals surface area contributed by atoms with Crippen molar-refractivity contribution in [1.82, 2.24) is 0 Å². The molecule has 1 aromatic carbocycles. The van der Waals surface area contributed by atoms with Gasteiger partial charge in [-0.25, -0.2) is 0 Å². The van der Waals surface area contributed by atoms with Gasteiger partial charge in [0.25, 0.3) is 0 Å². The number of anilines is 1. The minimum atomic E-state index is -0.450. The van der Waals surface area contributed by atoms with Gasteiger partial charge in [0, 0.05) is 12.1 Å². The van der Waals surface area contributed by atoms with Crippen molar-refractivity contribution >= 4 is 17.5 Å². The molecule has 1 atom stereocenters. The standard InChI is InChI=1S/C12H14N2O2/c1-6-3-4-7(2)11-10(6)8(5-9(13)15)12(16)14-11/h3-4,8H,5H2,1-2H3,(H2,13,15)(H,14,16). The van der Waals surface area contributed by atoms with Crippen molar-refractivity contribution in [3.05, 3.63) is 28.8 Å². The molecule has 4 nitrogen and oxygen atoms in total.